The summed E-state index contributed by atoms with van der Waals surface area (Å²) in [5, 5.41) is 4.29. The van der Waals surface area contributed by atoms with Crippen LogP contribution in [0.1, 0.15) is 18.1 Å². The summed E-state index contributed by atoms with van der Waals surface area (Å²) in [5.74, 6) is 0.673. The summed E-state index contributed by atoms with van der Waals surface area (Å²) in [5.41, 5.74) is 2.16. The van der Waals surface area contributed by atoms with Gasteiger partial charge in [-0.05, 0) is 12.5 Å². The third-order valence-electron chi connectivity index (χ3n) is 2.46. The van der Waals surface area contributed by atoms with Gasteiger partial charge in [0, 0.05) is 6.20 Å². The topological polar surface area (TPSA) is 27.1 Å². The van der Waals surface area contributed by atoms with Crippen molar-refractivity contribution >= 4 is 5.76 Å². The fourth-order valence-electron chi connectivity index (χ4n) is 1.62. The number of benzene rings is 1. The molecular formula is C14H16N2O. The summed E-state index contributed by atoms with van der Waals surface area (Å²) >= 11 is 0. The van der Waals surface area contributed by atoms with E-state index in [1.807, 2.05) is 36.0 Å². The lowest BCUT2D eigenvalue weighted by molar-refractivity contribution is 0.299. The standard InChI is InChI=1S/C14H16N2O/c1-3-17-12(2)14-9-15-16(11-14)10-13-7-5-4-6-8-13/h4-9,11H,2-3,10H2,1H3. The monoisotopic (exact) mass is 228 g/mol. The van der Waals surface area contributed by atoms with Crippen LogP contribution >= 0.6 is 0 Å². The first-order valence-electron chi connectivity index (χ1n) is 5.68. The minimum absolute atomic E-state index is 0.628. The highest BCUT2D eigenvalue weighted by atomic mass is 16.5. The Morgan fingerprint density at radius 3 is 2.82 bits per heavy atom. The molecule has 0 bridgehead atoms. The highest BCUT2D eigenvalue weighted by Crippen LogP contribution is 2.13. The lowest BCUT2D eigenvalue weighted by Gasteiger charge is -2.03. The van der Waals surface area contributed by atoms with Crippen molar-refractivity contribution in [3.05, 3.63) is 60.4 Å². The number of ether oxygens (including phenoxy) is 1. The number of hydrogen-bond donors (Lipinski definition) is 0. The van der Waals surface area contributed by atoms with Gasteiger partial charge in [-0.2, -0.15) is 5.10 Å². The number of nitrogens with zero attached hydrogens (tertiary/aromatic N) is 2. The molecule has 17 heavy (non-hydrogen) atoms. The zero-order chi connectivity index (χ0) is 12.1. The highest BCUT2D eigenvalue weighted by molar-refractivity contribution is 5.55. The molecule has 3 nitrogen and oxygen atoms in total. The number of rotatable bonds is 5. The average Bonchev–Trinajstić information content (AvgIpc) is 2.79. The number of hydrogen-bond acceptors (Lipinski definition) is 2. The van der Waals surface area contributed by atoms with Crippen LogP contribution in [0.5, 0.6) is 0 Å². The first-order chi connectivity index (χ1) is 8.29. The molecule has 0 unspecified atom stereocenters. The predicted octanol–water partition coefficient (Wildman–Crippen LogP) is 2.94. The summed E-state index contributed by atoms with van der Waals surface area (Å²) < 4.78 is 7.23. The van der Waals surface area contributed by atoms with Crippen LogP contribution in [0.15, 0.2) is 49.3 Å². The molecule has 0 fully saturated rings. The Bertz CT molecular complexity index is 488. The molecule has 0 aliphatic heterocycles. The Hall–Kier alpha value is -2.03. The molecule has 0 amide bonds. The second kappa shape index (κ2) is 5.34. The Morgan fingerprint density at radius 1 is 1.35 bits per heavy atom. The van der Waals surface area contributed by atoms with Crippen LogP contribution in [0.3, 0.4) is 0 Å². The van der Waals surface area contributed by atoms with Gasteiger partial charge in [0.25, 0.3) is 0 Å². The summed E-state index contributed by atoms with van der Waals surface area (Å²) in [4.78, 5) is 0. The molecule has 88 valence electrons. The molecule has 0 N–H and O–H groups in total. The Balaban J connectivity index is 2.06. The van der Waals surface area contributed by atoms with Crippen LogP contribution in [0, 0.1) is 0 Å². The van der Waals surface area contributed by atoms with Gasteiger partial charge in [0.1, 0.15) is 5.76 Å². The molecular weight excluding hydrogens is 212 g/mol. The van der Waals surface area contributed by atoms with Crippen molar-refractivity contribution in [1.29, 1.82) is 0 Å². The molecule has 1 heterocycles. The van der Waals surface area contributed by atoms with E-state index in [1.165, 1.54) is 5.56 Å². The van der Waals surface area contributed by atoms with Crippen molar-refractivity contribution in [3.8, 4) is 0 Å². The fourth-order valence-corrected chi connectivity index (χ4v) is 1.62. The van der Waals surface area contributed by atoms with Crippen LogP contribution < -0.4 is 0 Å². The van der Waals surface area contributed by atoms with Gasteiger partial charge in [-0.3, -0.25) is 4.68 Å². The largest absolute Gasteiger partial charge is 0.494 e. The quantitative estimate of drug-likeness (QED) is 0.736. The lowest BCUT2D eigenvalue weighted by atomic mass is 10.2. The molecule has 0 spiro atoms. The summed E-state index contributed by atoms with van der Waals surface area (Å²) in [6.07, 6.45) is 3.73. The molecule has 0 atom stereocenters. The molecule has 0 saturated heterocycles. The van der Waals surface area contributed by atoms with E-state index in [1.54, 1.807) is 6.20 Å². The molecule has 0 radical (unpaired) electrons. The van der Waals surface area contributed by atoms with Gasteiger partial charge in [0.05, 0.1) is 24.9 Å². The van der Waals surface area contributed by atoms with Gasteiger partial charge in [0.2, 0.25) is 0 Å². The first kappa shape index (κ1) is 11.5. The molecule has 3 heteroatoms. The van der Waals surface area contributed by atoms with Gasteiger partial charge >= 0.3 is 0 Å². The van der Waals surface area contributed by atoms with E-state index in [9.17, 15) is 0 Å². The van der Waals surface area contributed by atoms with E-state index in [2.05, 4.69) is 23.8 Å². The number of aromatic nitrogens is 2. The smallest absolute Gasteiger partial charge is 0.122 e. The minimum atomic E-state index is 0.628. The van der Waals surface area contributed by atoms with Crippen molar-refractivity contribution in [1.82, 2.24) is 9.78 Å². The molecule has 0 saturated carbocycles. The van der Waals surface area contributed by atoms with E-state index >= 15 is 0 Å². The summed E-state index contributed by atoms with van der Waals surface area (Å²) in [6.45, 7) is 7.20. The molecule has 0 aliphatic rings. The summed E-state index contributed by atoms with van der Waals surface area (Å²) in [7, 11) is 0. The van der Waals surface area contributed by atoms with Gasteiger partial charge in [-0.15, -0.1) is 0 Å². The SMILES string of the molecule is C=C(OCC)c1cnn(Cc2ccccc2)c1. The molecule has 2 aromatic rings. The third-order valence-corrected chi connectivity index (χ3v) is 2.46. The molecule has 1 aromatic carbocycles. The van der Waals surface area contributed by atoms with Crippen LogP contribution in [0.4, 0.5) is 0 Å². The highest BCUT2D eigenvalue weighted by Gasteiger charge is 2.03. The first-order valence-corrected chi connectivity index (χ1v) is 5.68. The third kappa shape index (κ3) is 2.97. The maximum absolute atomic E-state index is 5.34. The normalized spacial score (nSPS) is 10.2. The lowest BCUT2D eigenvalue weighted by Crippen LogP contribution is -1.99. The minimum Gasteiger partial charge on any atom is -0.494 e. The van der Waals surface area contributed by atoms with E-state index in [0.29, 0.717) is 12.4 Å². The molecule has 2 rings (SSSR count). The van der Waals surface area contributed by atoms with E-state index in [4.69, 9.17) is 4.74 Å². The summed E-state index contributed by atoms with van der Waals surface area (Å²) in [6, 6.07) is 10.2. The van der Waals surface area contributed by atoms with Crippen molar-refractivity contribution in [2.75, 3.05) is 6.61 Å². The Morgan fingerprint density at radius 2 is 2.12 bits per heavy atom. The van der Waals surface area contributed by atoms with Gasteiger partial charge in [-0.25, -0.2) is 0 Å². The average molecular weight is 228 g/mol. The molecule has 1 aromatic heterocycles. The van der Waals surface area contributed by atoms with Gasteiger partial charge in [0.15, 0.2) is 0 Å². The van der Waals surface area contributed by atoms with Crippen molar-refractivity contribution in [2.24, 2.45) is 0 Å². The second-order valence-corrected chi connectivity index (χ2v) is 3.77. The van der Waals surface area contributed by atoms with Crippen LogP contribution in [-0.2, 0) is 11.3 Å². The second-order valence-electron chi connectivity index (χ2n) is 3.77. The Kier molecular flexibility index (Phi) is 3.60. The van der Waals surface area contributed by atoms with Crippen LogP contribution in [0.2, 0.25) is 0 Å². The van der Waals surface area contributed by atoms with E-state index in [0.717, 1.165) is 12.1 Å². The van der Waals surface area contributed by atoms with Gasteiger partial charge < -0.3 is 4.74 Å². The van der Waals surface area contributed by atoms with Crippen molar-refractivity contribution in [2.45, 2.75) is 13.5 Å². The van der Waals surface area contributed by atoms with E-state index in [-0.39, 0.29) is 0 Å². The van der Waals surface area contributed by atoms with Gasteiger partial charge in [-0.1, -0.05) is 36.9 Å². The maximum Gasteiger partial charge on any atom is 0.122 e. The van der Waals surface area contributed by atoms with Crippen LogP contribution in [-0.4, -0.2) is 16.4 Å². The predicted molar refractivity (Wildman–Crippen MR) is 68.4 cm³/mol. The zero-order valence-electron chi connectivity index (χ0n) is 9.97. The van der Waals surface area contributed by atoms with Crippen LogP contribution in [0.25, 0.3) is 5.76 Å². The maximum atomic E-state index is 5.34. The molecule has 0 aliphatic carbocycles. The van der Waals surface area contributed by atoms with E-state index < -0.39 is 0 Å². The van der Waals surface area contributed by atoms with Crippen molar-refractivity contribution in [3.63, 3.8) is 0 Å². The zero-order valence-corrected chi connectivity index (χ0v) is 9.97. The fraction of sp³-hybridized carbons (Fsp3) is 0.214. The Labute approximate surface area is 101 Å². The van der Waals surface area contributed by atoms with Crippen molar-refractivity contribution < 1.29 is 4.74 Å².